The van der Waals surface area contributed by atoms with E-state index in [4.69, 9.17) is 4.74 Å². The van der Waals surface area contributed by atoms with Gasteiger partial charge in [-0.25, -0.2) is 4.39 Å². The van der Waals surface area contributed by atoms with Crippen molar-refractivity contribution in [3.63, 3.8) is 0 Å². The Kier molecular flexibility index (Phi) is 4.86. The number of halogens is 1. The summed E-state index contributed by atoms with van der Waals surface area (Å²) in [4.78, 5) is 14.7. The zero-order valence-electron chi connectivity index (χ0n) is 12.9. The van der Waals surface area contributed by atoms with Gasteiger partial charge in [0, 0.05) is 23.6 Å². The summed E-state index contributed by atoms with van der Waals surface area (Å²) in [5.41, 5.74) is 1.62. The van der Waals surface area contributed by atoms with Crippen molar-refractivity contribution in [3.05, 3.63) is 65.5 Å². The fourth-order valence-corrected chi connectivity index (χ4v) is 3.80. The average molecular weight is 331 g/mol. The molecule has 0 bridgehead atoms. The van der Waals surface area contributed by atoms with E-state index in [0.29, 0.717) is 12.1 Å². The molecule has 1 amide bonds. The number of methoxy groups -OCH3 is 1. The third kappa shape index (κ3) is 3.50. The number of hydrogen-bond donors (Lipinski definition) is 0. The fraction of sp³-hybridized carbons (Fsp3) is 0.278. The van der Waals surface area contributed by atoms with Gasteiger partial charge >= 0.3 is 0 Å². The van der Waals surface area contributed by atoms with Crippen molar-refractivity contribution in [2.24, 2.45) is 0 Å². The Hall–Kier alpha value is -2.01. The van der Waals surface area contributed by atoms with Gasteiger partial charge in [0.1, 0.15) is 11.6 Å². The molecule has 1 saturated heterocycles. The van der Waals surface area contributed by atoms with Crippen LogP contribution in [-0.2, 0) is 0 Å². The lowest BCUT2D eigenvalue weighted by molar-refractivity contribution is 0.0701. The molecular formula is C18H18FNO2S. The van der Waals surface area contributed by atoms with Crippen LogP contribution in [0.3, 0.4) is 0 Å². The highest BCUT2D eigenvalue weighted by Gasteiger charge is 2.29. The predicted molar refractivity (Wildman–Crippen MR) is 90.5 cm³/mol. The number of carbonyl (C=O) groups excluding carboxylic acids is 1. The van der Waals surface area contributed by atoms with E-state index in [1.807, 2.05) is 40.9 Å². The zero-order chi connectivity index (χ0) is 16.2. The minimum atomic E-state index is -0.331. The van der Waals surface area contributed by atoms with Gasteiger partial charge < -0.3 is 9.64 Å². The van der Waals surface area contributed by atoms with E-state index in [1.54, 1.807) is 19.2 Å². The summed E-state index contributed by atoms with van der Waals surface area (Å²) in [5, 5.41) is 0. The predicted octanol–water partition coefficient (Wildman–Crippen LogP) is 3.76. The van der Waals surface area contributed by atoms with E-state index in [1.165, 1.54) is 12.1 Å². The Bertz CT molecular complexity index is 672. The van der Waals surface area contributed by atoms with Crippen molar-refractivity contribution in [1.82, 2.24) is 4.90 Å². The van der Waals surface area contributed by atoms with Gasteiger partial charge in [-0.2, -0.15) is 11.8 Å². The molecule has 2 aromatic rings. The van der Waals surface area contributed by atoms with E-state index < -0.39 is 0 Å². The lowest BCUT2D eigenvalue weighted by atomic mass is 10.0. The molecule has 0 saturated carbocycles. The van der Waals surface area contributed by atoms with Crippen LogP contribution in [0, 0.1) is 5.82 Å². The van der Waals surface area contributed by atoms with Crippen LogP contribution in [0.25, 0.3) is 0 Å². The van der Waals surface area contributed by atoms with Gasteiger partial charge in [0.05, 0.1) is 13.2 Å². The first-order chi connectivity index (χ1) is 11.2. The van der Waals surface area contributed by atoms with Gasteiger partial charge in [-0.15, -0.1) is 0 Å². The molecule has 1 heterocycles. The van der Waals surface area contributed by atoms with Crippen molar-refractivity contribution in [3.8, 4) is 5.75 Å². The maximum atomic E-state index is 13.1. The quantitative estimate of drug-likeness (QED) is 0.857. The maximum Gasteiger partial charge on any atom is 0.254 e. The molecular weight excluding hydrogens is 313 g/mol. The molecule has 1 aliphatic heterocycles. The Balaban J connectivity index is 1.85. The van der Waals surface area contributed by atoms with E-state index in [9.17, 15) is 9.18 Å². The smallest absolute Gasteiger partial charge is 0.254 e. The highest BCUT2D eigenvalue weighted by Crippen LogP contribution is 2.31. The Morgan fingerprint density at radius 1 is 1.17 bits per heavy atom. The van der Waals surface area contributed by atoms with Gasteiger partial charge in [-0.1, -0.05) is 12.1 Å². The number of thioether (sulfide) groups is 1. The molecule has 0 radical (unpaired) electrons. The fourth-order valence-electron chi connectivity index (χ4n) is 2.71. The third-order valence-corrected chi connectivity index (χ3v) is 5.00. The first-order valence-electron chi connectivity index (χ1n) is 7.47. The Morgan fingerprint density at radius 2 is 1.87 bits per heavy atom. The molecule has 0 N–H and O–H groups in total. The van der Waals surface area contributed by atoms with E-state index >= 15 is 0 Å². The number of nitrogens with zero attached hydrogens (tertiary/aromatic N) is 1. The molecule has 1 atom stereocenters. The first-order valence-corrected chi connectivity index (χ1v) is 8.63. The van der Waals surface area contributed by atoms with E-state index in [2.05, 4.69) is 0 Å². The largest absolute Gasteiger partial charge is 0.497 e. The number of rotatable bonds is 3. The normalized spacial score (nSPS) is 17.8. The van der Waals surface area contributed by atoms with E-state index in [0.717, 1.165) is 22.8 Å². The minimum absolute atomic E-state index is 0.0252. The third-order valence-electron chi connectivity index (χ3n) is 3.98. The Labute approximate surface area is 139 Å². The Morgan fingerprint density at radius 3 is 2.52 bits per heavy atom. The monoisotopic (exact) mass is 331 g/mol. The summed E-state index contributed by atoms with van der Waals surface area (Å²) in [6.45, 7) is 0.692. The van der Waals surface area contributed by atoms with Crippen molar-refractivity contribution in [1.29, 1.82) is 0 Å². The lowest BCUT2D eigenvalue weighted by Crippen LogP contribution is -2.40. The summed E-state index contributed by atoms with van der Waals surface area (Å²) in [6, 6.07) is 13.6. The standard InChI is InChI=1S/C18H18FNO2S/c1-22-16-8-4-13(5-9-16)17-12-23-11-10-20(17)18(21)14-2-6-15(19)7-3-14/h2-9,17H,10-12H2,1H3/t17-/m1/s1. The molecule has 5 heteroatoms. The number of carbonyl (C=O) groups is 1. The second-order valence-electron chi connectivity index (χ2n) is 5.37. The summed E-state index contributed by atoms with van der Waals surface area (Å²) in [6.07, 6.45) is 0. The van der Waals surface area contributed by atoms with Crippen molar-refractivity contribution in [2.75, 3.05) is 25.2 Å². The van der Waals surface area contributed by atoms with Crippen LogP contribution in [0.1, 0.15) is 22.0 Å². The van der Waals surface area contributed by atoms with Gasteiger partial charge in [0.2, 0.25) is 0 Å². The molecule has 23 heavy (non-hydrogen) atoms. The number of benzene rings is 2. The number of amides is 1. The zero-order valence-corrected chi connectivity index (χ0v) is 13.7. The summed E-state index contributed by atoms with van der Waals surface area (Å²) in [7, 11) is 1.63. The lowest BCUT2D eigenvalue weighted by Gasteiger charge is -2.36. The van der Waals surface area contributed by atoms with Crippen LogP contribution in [0.2, 0.25) is 0 Å². The molecule has 0 aliphatic carbocycles. The molecule has 1 aliphatic rings. The van der Waals surface area contributed by atoms with Crippen LogP contribution in [0.4, 0.5) is 4.39 Å². The average Bonchev–Trinajstić information content (AvgIpc) is 2.62. The van der Waals surface area contributed by atoms with Crippen molar-refractivity contribution in [2.45, 2.75) is 6.04 Å². The maximum absolute atomic E-state index is 13.1. The van der Waals surface area contributed by atoms with Gasteiger partial charge in [0.15, 0.2) is 0 Å². The summed E-state index contributed by atoms with van der Waals surface area (Å²) >= 11 is 1.84. The molecule has 0 unspecified atom stereocenters. The van der Waals surface area contributed by atoms with Gasteiger partial charge in [0.25, 0.3) is 5.91 Å². The molecule has 2 aromatic carbocycles. The highest BCUT2D eigenvalue weighted by molar-refractivity contribution is 7.99. The van der Waals surface area contributed by atoms with Crippen LogP contribution >= 0.6 is 11.8 Å². The van der Waals surface area contributed by atoms with E-state index in [-0.39, 0.29) is 17.8 Å². The van der Waals surface area contributed by atoms with Crippen LogP contribution in [0.5, 0.6) is 5.75 Å². The molecule has 0 aromatic heterocycles. The number of hydrogen-bond acceptors (Lipinski definition) is 3. The van der Waals surface area contributed by atoms with Crippen molar-refractivity contribution >= 4 is 17.7 Å². The minimum Gasteiger partial charge on any atom is -0.497 e. The second kappa shape index (κ2) is 7.04. The SMILES string of the molecule is COc1ccc([C@H]2CSCCN2C(=O)c2ccc(F)cc2)cc1. The topological polar surface area (TPSA) is 29.5 Å². The summed E-state index contributed by atoms with van der Waals surface area (Å²) < 4.78 is 18.3. The molecule has 0 spiro atoms. The van der Waals surface area contributed by atoms with Gasteiger partial charge in [-0.3, -0.25) is 4.79 Å². The van der Waals surface area contributed by atoms with Gasteiger partial charge in [-0.05, 0) is 42.0 Å². The highest BCUT2D eigenvalue weighted by atomic mass is 32.2. The molecule has 1 fully saturated rings. The first kappa shape index (κ1) is 15.9. The van der Waals surface area contributed by atoms with Crippen LogP contribution in [-0.4, -0.2) is 36.0 Å². The van der Waals surface area contributed by atoms with Crippen molar-refractivity contribution < 1.29 is 13.9 Å². The van der Waals surface area contributed by atoms with Crippen LogP contribution < -0.4 is 4.74 Å². The number of ether oxygens (including phenoxy) is 1. The van der Waals surface area contributed by atoms with Crippen LogP contribution in [0.15, 0.2) is 48.5 Å². The molecule has 120 valence electrons. The molecule has 3 nitrogen and oxygen atoms in total. The second-order valence-corrected chi connectivity index (χ2v) is 6.52. The summed E-state index contributed by atoms with van der Waals surface area (Å²) in [5.74, 6) is 2.20. The molecule has 3 rings (SSSR count).